The number of benzene rings is 1. The van der Waals surface area contributed by atoms with Crippen LogP contribution in [-0.4, -0.2) is 10.9 Å². The van der Waals surface area contributed by atoms with E-state index >= 15 is 0 Å². The Balaban J connectivity index is 1.61. The van der Waals surface area contributed by atoms with Crippen LogP contribution in [-0.2, 0) is 17.4 Å². The van der Waals surface area contributed by atoms with E-state index in [0.717, 1.165) is 30.0 Å². The highest BCUT2D eigenvalue weighted by Gasteiger charge is 2.46. The fourth-order valence-electron chi connectivity index (χ4n) is 4.46. The number of fused-ring (bicyclic) bond motifs is 4. The first-order valence-electron chi connectivity index (χ1n) is 8.73. The molecule has 1 amide bonds. The minimum atomic E-state index is -4.79. The number of halogens is 5. The van der Waals surface area contributed by atoms with E-state index in [0.29, 0.717) is 6.42 Å². The highest BCUT2D eigenvalue weighted by molar-refractivity contribution is 6.31. The van der Waals surface area contributed by atoms with E-state index in [2.05, 4.69) is 10.3 Å². The summed E-state index contributed by atoms with van der Waals surface area (Å²) in [5, 5.41) is 1.72. The lowest BCUT2D eigenvalue weighted by Gasteiger charge is -2.31. The molecule has 0 aliphatic heterocycles. The Morgan fingerprint density at radius 1 is 1.21 bits per heavy atom. The topological polar surface area (TPSA) is 62.0 Å². The molecule has 148 valence electrons. The summed E-state index contributed by atoms with van der Waals surface area (Å²) in [6.07, 6.45) is -1.09. The van der Waals surface area contributed by atoms with Gasteiger partial charge in [-0.3, -0.25) is 9.59 Å². The van der Waals surface area contributed by atoms with Gasteiger partial charge >= 0.3 is 6.18 Å². The summed E-state index contributed by atoms with van der Waals surface area (Å²) >= 11 is 5.63. The Kier molecular flexibility index (Phi) is 4.49. The molecule has 1 aromatic heterocycles. The molecule has 2 aliphatic carbocycles. The summed E-state index contributed by atoms with van der Waals surface area (Å²) in [4.78, 5) is 27.0. The number of anilines is 1. The molecular weight excluding hydrogens is 400 g/mol. The van der Waals surface area contributed by atoms with Crippen molar-refractivity contribution in [2.24, 2.45) is 11.8 Å². The predicted octanol–water partition coefficient (Wildman–Crippen LogP) is 4.49. The second-order valence-corrected chi connectivity index (χ2v) is 7.66. The number of amides is 1. The van der Waals surface area contributed by atoms with E-state index in [1.54, 1.807) is 6.20 Å². The summed E-state index contributed by atoms with van der Waals surface area (Å²) in [5.41, 5.74) is -0.0825. The number of alkyl halides is 3. The van der Waals surface area contributed by atoms with Gasteiger partial charge in [0.1, 0.15) is 5.82 Å². The number of aromatic nitrogens is 1. The number of carbonyl (C=O) groups is 1. The van der Waals surface area contributed by atoms with E-state index in [9.17, 15) is 27.2 Å². The molecule has 9 heteroatoms. The van der Waals surface area contributed by atoms with Crippen LogP contribution in [0.25, 0.3) is 0 Å². The number of rotatable bonds is 2. The molecule has 2 aromatic rings. The molecule has 1 aromatic carbocycles. The predicted molar refractivity (Wildman–Crippen MR) is 94.8 cm³/mol. The lowest BCUT2D eigenvalue weighted by atomic mass is 9.75. The zero-order valence-corrected chi connectivity index (χ0v) is 15.1. The van der Waals surface area contributed by atoms with Gasteiger partial charge in [0.2, 0.25) is 11.5 Å². The average Bonchev–Trinajstić information content (AvgIpc) is 2.92. The maximum absolute atomic E-state index is 14.2. The summed E-state index contributed by atoms with van der Waals surface area (Å²) in [7, 11) is 0. The number of hydrogen-bond acceptors (Lipinski definition) is 2. The third-order valence-electron chi connectivity index (χ3n) is 5.64. The van der Waals surface area contributed by atoms with Gasteiger partial charge < -0.3 is 10.3 Å². The normalized spacial score (nSPS) is 23.4. The largest absolute Gasteiger partial charge is 0.417 e. The van der Waals surface area contributed by atoms with E-state index < -0.39 is 34.4 Å². The summed E-state index contributed by atoms with van der Waals surface area (Å²) < 4.78 is 52.7. The van der Waals surface area contributed by atoms with Crippen LogP contribution in [0.15, 0.2) is 29.2 Å². The molecule has 3 atom stereocenters. The van der Waals surface area contributed by atoms with E-state index in [4.69, 9.17) is 11.6 Å². The Morgan fingerprint density at radius 3 is 2.68 bits per heavy atom. The smallest absolute Gasteiger partial charge is 0.329 e. The molecule has 2 bridgehead atoms. The van der Waals surface area contributed by atoms with Crippen molar-refractivity contribution in [1.29, 1.82) is 0 Å². The minimum absolute atomic E-state index is 0.00715. The van der Waals surface area contributed by atoms with E-state index in [1.807, 2.05) is 0 Å². The van der Waals surface area contributed by atoms with Crippen LogP contribution < -0.4 is 10.9 Å². The minimum Gasteiger partial charge on any atom is -0.329 e. The Bertz CT molecular complexity index is 1020. The number of hydrogen-bond donors (Lipinski definition) is 2. The molecule has 1 heterocycles. The van der Waals surface area contributed by atoms with Crippen LogP contribution in [0.4, 0.5) is 23.2 Å². The molecule has 1 saturated carbocycles. The van der Waals surface area contributed by atoms with Crippen molar-refractivity contribution in [2.75, 3.05) is 5.32 Å². The van der Waals surface area contributed by atoms with Crippen LogP contribution in [0, 0.1) is 17.7 Å². The third kappa shape index (κ3) is 3.19. The van der Waals surface area contributed by atoms with Crippen LogP contribution in [0.5, 0.6) is 0 Å². The Hall–Kier alpha value is -2.35. The number of aromatic amines is 1. The average molecular weight is 415 g/mol. The zero-order chi connectivity index (χ0) is 20.2. The summed E-state index contributed by atoms with van der Waals surface area (Å²) in [6, 6.07) is 2.60. The van der Waals surface area contributed by atoms with E-state index in [1.165, 1.54) is 6.07 Å². The van der Waals surface area contributed by atoms with Gasteiger partial charge in [-0.25, -0.2) is 4.39 Å². The van der Waals surface area contributed by atoms with Gasteiger partial charge in [-0.1, -0.05) is 11.6 Å². The van der Waals surface area contributed by atoms with Crippen molar-refractivity contribution in [3.63, 3.8) is 0 Å². The Labute approximate surface area is 161 Å². The lowest BCUT2D eigenvalue weighted by molar-refractivity contribution is -0.137. The van der Waals surface area contributed by atoms with Crippen LogP contribution in [0.1, 0.15) is 35.4 Å². The molecule has 28 heavy (non-hydrogen) atoms. The quantitative estimate of drug-likeness (QED) is 0.711. The third-order valence-corrected chi connectivity index (χ3v) is 5.95. The maximum atomic E-state index is 14.2. The highest BCUT2D eigenvalue weighted by atomic mass is 35.5. The highest BCUT2D eigenvalue weighted by Crippen LogP contribution is 2.50. The molecule has 3 unspecified atom stereocenters. The van der Waals surface area contributed by atoms with Crippen LogP contribution in [0.3, 0.4) is 0 Å². The molecule has 0 saturated heterocycles. The maximum Gasteiger partial charge on any atom is 0.417 e. The van der Waals surface area contributed by atoms with Crippen LogP contribution in [0.2, 0.25) is 5.02 Å². The molecule has 4 rings (SSSR count). The van der Waals surface area contributed by atoms with Gasteiger partial charge in [-0.05, 0) is 54.4 Å². The van der Waals surface area contributed by atoms with Gasteiger partial charge in [0.25, 0.3) is 0 Å². The lowest BCUT2D eigenvalue weighted by Crippen LogP contribution is -2.34. The number of carbonyl (C=O) groups excluding carboxylic acids is 1. The molecule has 0 spiro atoms. The van der Waals surface area contributed by atoms with E-state index in [-0.39, 0.29) is 29.1 Å². The van der Waals surface area contributed by atoms with Crippen LogP contribution >= 0.6 is 11.6 Å². The van der Waals surface area contributed by atoms with Gasteiger partial charge in [0.05, 0.1) is 16.3 Å². The second kappa shape index (κ2) is 6.62. The monoisotopic (exact) mass is 414 g/mol. The molecule has 2 N–H and O–H groups in total. The van der Waals surface area contributed by atoms with Crippen molar-refractivity contribution in [2.45, 2.75) is 31.4 Å². The van der Waals surface area contributed by atoms with Gasteiger partial charge in [0, 0.05) is 18.2 Å². The van der Waals surface area contributed by atoms with Gasteiger partial charge in [0.15, 0.2) is 0 Å². The number of nitrogens with one attached hydrogen (secondary N) is 2. The van der Waals surface area contributed by atoms with Crippen molar-refractivity contribution in [3.8, 4) is 0 Å². The summed E-state index contributed by atoms with van der Waals surface area (Å²) in [5.74, 6) is -2.23. The van der Waals surface area contributed by atoms with Gasteiger partial charge in [-0.2, -0.15) is 13.2 Å². The standard InChI is InChI=1S/C19H15ClF4N2O2/c20-13-6-15(14(21)5-12(13)19(22,23)24)26-18(28)17-8-1-2-10(17)11-7-25-16(27)4-9(11)3-8/h4-8,10,17H,1-3H2,(H,25,27)(H,26,28). The fourth-order valence-corrected chi connectivity index (χ4v) is 4.73. The number of H-pyrrole nitrogens is 1. The van der Waals surface area contributed by atoms with Crippen molar-refractivity contribution >= 4 is 23.2 Å². The van der Waals surface area contributed by atoms with Gasteiger partial charge in [-0.15, -0.1) is 0 Å². The first kappa shape index (κ1) is 19.0. The van der Waals surface area contributed by atoms with Crippen molar-refractivity contribution < 1.29 is 22.4 Å². The Morgan fingerprint density at radius 2 is 1.96 bits per heavy atom. The molecular formula is C19H15ClF4N2O2. The zero-order valence-electron chi connectivity index (χ0n) is 14.4. The number of pyridine rings is 1. The first-order valence-corrected chi connectivity index (χ1v) is 9.11. The summed E-state index contributed by atoms with van der Waals surface area (Å²) in [6.45, 7) is 0. The molecule has 1 fully saturated rings. The molecule has 2 aliphatic rings. The van der Waals surface area contributed by atoms with Crippen molar-refractivity contribution in [1.82, 2.24) is 4.98 Å². The second-order valence-electron chi connectivity index (χ2n) is 7.25. The molecule has 4 nitrogen and oxygen atoms in total. The van der Waals surface area contributed by atoms with Crippen molar-refractivity contribution in [3.05, 3.63) is 62.3 Å². The first-order chi connectivity index (χ1) is 13.1. The SMILES string of the molecule is O=C(Nc1cc(Cl)c(C(F)(F)F)cc1F)C1C2CCC1c1c[nH]c(=O)cc1C2. The fraction of sp³-hybridized carbons (Fsp3) is 0.368. The molecule has 0 radical (unpaired) electrons.